The summed E-state index contributed by atoms with van der Waals surface area (Å²) in [6.45, 7) is 0. The van der Waals surface area contributed by atoms with Gasteiger partial charge in [-0.15, -0.1) is 10.2 Å². The summed E-state index contributed by atoms with van der Waals surface area (Å²) in [7, 11) is -20.9. The maximum Gasteiger partial charge on any atom is 0.313 e. The second kappa shape index (κ2) is 21.2. The molecule has 62 heavy (non-hydrogen) atoms. The van der Waals surface area contributed by atoms with Gasteiger partial charge in [-0.25, -0.2) is 0 Å². The maximum atomic E-state index is 13.9. The molecule has 6 aromatic rings. The molecule has 0 aliphatic heterocycles. The largest absolute Gasteiger partial charge is 0.505 e. The Morgan fingerprint density at radius 1 is 0.694 bits per heavy atom. The SMILES string of the molecule is O=C(Nc1cc(S(=O)(=O)O)cc2cc(S(=O)(=O)O)c(N=Nc3ccc4c(S(=O)(=O)O)cccc4c3S(=O)(=O)O)c(O)c12)c1cccc(Nc2nc(F)nc(F)c2Cl)c1.[Na].[Na].[Na].[Na]. The molecule has 0 aliphatic rings. The van der Waals surface area contributed by atoms with Crippen molar-refractivity contribution in [2.75, 3.05) is 10.6 Å². The van der Waals surface area contributed by atoms with Gasteiger partial charge in [0.15, 0.2) is 11.6 Å². The van der Waals surface area contributed by atoms with Gasteiger partial charge < -0.3 is 15.7 Å². The van der Waals surface area contributed by atoms with Gasteiger partial charge in [-0.05, 0) is 53.9 Å². The van der Waals surface area contributed by atoms with E-state index >= 15 is 0 Å². The molecular formula is C31H19ClF2N6Na4O14S4. The fourth-order valence-corrected chi connectivity index (χ4v) is 8.38. The van der Waals surface area contributed by atoms with Crippen LogP contribution < -0.4 is 10.6 Å². The molecule has 5 aromatic carbocycles. The van der Waals surface area contributed by atoms with Gasteiger partial charge in [-0.2, -0.15) is 52.4 Å². The van der Waals surface area contributed by atoms with Crippen LogP contribution in [-0.4, -0.2) is 191 Å². The van der Waals surface area contributed by atoms with Crippen LogP contribution in [0.4, 0.5) is 37.3 Å². The molecule has 0 saturated heterocycles. The number of aromatic hydroxyl groups is 1. The number of fused-ring (bicyclic) bond motifs is 2. The number of hydrogen-bond acceptors (Lipinski definition) is 15. The number of carbonyl (C=O) groups is 1. The van der Waals surface area contributed by atoms with Gasteiger partial charge in [0.05, 0.1) is 10.6 Å². The summed E-state index contributed by atoms with van der Waals surface area (Å²) >= 11 is 5.79. The van der Waals surface area contributed by atoms with Gasteiger partial charge in [-0.1, -0.05) is 35.9 Å². The molecule has 4 radical (unpaired) electrons. The molecule has 0 spiro atoms. The molecule has 0 aliphatic carbocycles. The molecule has 1 aromatic heterocycles. The number of benzene rings is 5. The second-order valence-electron chi connectivity index (χ2n) is 11.6. The van der Waals surface area contributed by atoms with Gasteiger partial charge in [0, 0.05) is 146 Å². The molecular weight excluding hydrogens is 974 g/mol. The van der Waals surface area contributed by atoms with Gasteiger partial charge in [0.25, 0.3) is 46.4 Å². The van der Waals surface area contributed by atoms with Crippen LogP contribution in [-0.2, 0) is 40.5 Å². The number of carbonyl (C=O) groups excluding carboxylic acids is 1. The second-order valence-corrected chi connectivity index (χ2v) is 17.5. The number of aromatic nitrogens is 2. The molecule has 0 bridgehead atoms. The summed E-state index contributed by atoms with van der Waals surface area (Å²) in [5, 5.41) is 20.6. The van der Waals surface area contributed by atoms with E-state index in [2.05, 4.69) is 30.8 Å². The van der Waals surface area contributed by atoms with Crippen molar-refractivity contribution in [3.05, 3.63) is 95.4 Å². The number of amides is 1. The topological polar surface area (TPSA) is 329 Å². The van der Waals surface area contributed by atoms with Crippen molar-refractivity contribution < 1.29 is 70.6 Å². The molecule has 6 rings (SSSR count). The first-order valence-electron chi connectivity index (χ1n) is 15.1. The van der Waals surface area contributed by atoms with E-state index in [-0.39, 0.29) is 129 Å². The van der Waals surface area contributed by atoms with Gasteiger partial charge in [-0.3, -0.25) is 23.0 Å². The number of hydrogen-bond donors (Lipinski definition) is 7. The van der Waals surface area contributed by atoms with Crippen molar-refractivity contribution in [1.82, 2.24) is 9.97 Å². The van der Waals surface area contributed by atoms with Crippen LogP contribution in [0, 0.1) is 12.0 Å². The molecule has 0 unspecified atom stereocenters. The minimum absolute atomic E-state index is 0. The van der Waals surface area contributed by atoms with E-state index in [9.17, 15) is 70.6 Å². The number of phenolic OH excluding ortho intramolecular Hbond substituents is 1. The minimum atomic E-state index is -5.46. The van der Waals surface area contributed by atoms with E-state index in [1.54, 1.807) is 0 Å². The molecule has 306 valence electrons. The summed E-state index contributed by atoms with van der Waals surface area (Å²) in [6.07, 6.45) is -1.48. The number of anilines is 3. The van der Waals surface area contributed by atoms with Crippen molar-refractivity contribution >= 4 is 226 Å². The van der Waals surface area contributed by atoms with Crippen molar-refractivity contribution in [3.63, 3.8) is 0 Å². The van der Waals surface area contributed by atoms with Crippen molar-refractivity contribution in [2.24, 2.45) is 10.2 Å². The first-order chi connectivity index (χ1) is 26.8. The quantitative estimate of drug-likeness (QED) is 0.0331. The van der Waals surface area contributed by atoms with Gasteiger partial charge in [0.2, 0.25) is 5.95 Å². The van der Waals surface area contributed by atoms with Gasteiger partial charge >= 0.3 is 6.08 Å². The van der Waals surface area contributed by atoms with E-state index in [1.165, 1.54) is 18.2 Å². The van der Waals surface area contributed by atoms with Crippen LogP contribution in [0.3, 0.4) is 0 Å². The van der Waals surface area contributed by atoms with Crippen LogP contribution in [0.15, 0.2) is 103 Å². The van der Waals surface area contributed by atoms with Crippen LogP contribution in [0.2, 0.25) is 5.02 Å². The van der Waals surface area contributed by atoms with E-state index in [0.717, 1.165) is 36.4 Å². The molecule has 31 heteroatoms. The Morgan fingerprint density at radius 3 is 1.92 bits per heavy atom. The van der Waals surface area contributed by atoms with Crippen molar-refractivity contribution in [1.29, 1.82) is 0 Å². The number of rotatable bonds is 10. The summed E-state index contributed by atoms with van der Waals surface area (Å²) in [4.78, 5) is 15.6. The molecule has 0 atom stereocenters. The van der Waals surface area contributed by atoms with Crippen molar-refractivity contribution in [2.45, 2.75) is 19.6 Å². The molecule has 7 N–H and O–H groups in total. The van der Waals surface area contributed by atoms with E-state index in [4.69, 9.17) is 11.6 Å². The van der Waals surface area contributed by atoms with Crippen LogP contribution in [0.5, 0.6) is 5.75 Å². The zero-order chi connectivity index (χ0) is 42.7. The third kappa shape index (κ3) is 12.3. The summed E-state index contributed by atoms with van der Waals surface area (Å²) in [5.74, 6) is -4.29. The number of nitrogens with one attached hydrogen (secondary N) is 2. The van der Waals surface area contributed by atoms with Crippen molar-refractivity contribution in [3.8, 4) is 5.75 Å². The third-order valence-electron chi connectivity index (χ3n) is 7.86. The Bertz CT molecular complexity index is 3290. The zero-order valence-corrected chi connectivity index (χ0v) is 43.9. The maximum absolute atomic E-state index is 13.9. The van der Waals surface area contributed by atoms with E-state index < -0.39 is 133 Å². The number of nitrogens with zero attached hydrogens (tertiary/aromatic N) is 4. The fourth-order valence-electron chi connectivity index (χ4n) is 5.52. The fraction of sp³-hybridized carbons (Fsp3) is 0. The Balaban J connectivity index is 0.00000331. The van der Waals surface area contributed by atoms with E-state index in [0.29, 0.717) is 18.2 Å². The monoisotopic (exact) mass is 992 g/mol. The molecule has 0 fully saturated rings. The first kappa shape index (κ1) is 56.3. The molecule has 0 saturated carbocycles. The minimum Gasteiger partial charge on any atom is -0.505 e. The Kier molecular flexibility index (Phi) is 19.2. The van der Waals surface area contributed by atoms with E-state index in [1.807, 2.05) is 0 Å². The normalized spacial score (nSPS) is 11.9. The zero-order valence-electron chi connectivity index (χ0n) is 31.9. The standard InChI is InChI=1S/C31H19ClF2N6O14S4.4Na/c32-24-28(33)37-31(34)38-29(24)35-15-4-1-3-13(9-15)30(42)36-20-12-16(55(43,44)45)10-14-11-22(57(49,50)51)25(26(41)23(14)20)40-39-19-8-7-17-18(27(19)58(52,53)54)5-2-6-21(17)56(46,47)48;;;;/h1-12,41H,(H,36,42)(H,35,37,38)(H,43,44,45)(H,46,47,48)(H,49,50,51)(H,52,53,54);;;;. The predicted molar refractivity (Wildman–Crippen MR) is 221 cm³/mol. The molecule has 1 heterocycles. The average Bonchev–Trinajstić information content (AvgIpc) is 3.10. The predicted octanol–water partition coefficient (Wildman–Crippen LogP) is 4.30. The number of azo groups is 1. The average molecular weight is 993 g/mol. The summed E-state index contributed by atoms with van der Waals surface area (Å²) < 4.78 is 166. The van der Waals surface area contributed by atoms with Crippen LogP contribution in [0.1, 0.15) is 10.4 Å². The van der Waals surface area contributed by atoms with Crippen LogP contribution in [0.25, 0.3) is 21.5 Å². The third-order valence-corrected chi connectivity index (χ3v) is 11.8. The smallest absolute Gasteiger partial charge is 0.313 e. The Labute approximate surface area is 442 Å². The first-order valence-corrected chi connectivity index (χ1v) is 21.3. The van der Waals surface area contributed by atoms with Gasteiger partial charge in [0.1, 0.15) is 31.1 Å². The number of phenols is 1. The Hall–Kier alpha value is -1.84. The van der Waals surface area contributed by atoms with Crippen LogP contribution >= 0.6 is 11.6 Å². The number of halogens is 3. The summed E-state index contributed by atoms with van der Waals surface area (Å²) in [6, 6.07) is 11.4. The summed E-state index contributed by atoms with van der Waals surface area (Å²) in [5.41, 5.74) is -2.92. The molecule has 20 nitrogen and oxygen atoms in total. The molecule has 1 amide bonds. The Morgan fingerprint density at radius 2 is 1.32 bits per heavy atom.